The maximum Gasteiger partial charge on any atom is 0.356 e. The summed E-state index contributed by atoms with van der Waals surface area (Å²) in [5, 5.41) is 30.0. The molecule has 0 aromatic carbocycles. The van der Waals surface area contributed by atoms with Gasteiger partial charge < -0.3 is 14.6 Å². The lowest BCUT2D eigenvalue weighted by Crippen LogP contribution is -2.29. The highest BCUT2D eigenvalue weighted by atomic mass is 16.5. The van der Waals surface area contributed by atoms with Gasteiger partial charge in [0.1, 0.15) is 24.1 Å². The van der Waals surface area contributed by atoms with Gasteiger partial charge in [-0.3, -0.25) is 4.79 Å². The van der Waals surface area contributed by atoms with Crippen molar-refractivity contribution >= 4 is 5.97 Å². The first kappa shape index (κ1) is 21.3. The Balaban J connectivity index is 1.31. The van der Waals surface area contributed by atoms with Crippen molar-refractivity contribution in [3.05, 3.63) is 23.5 Å². The van der Waals surface area contributed by atoms with Crippen LogP contribution in [0.2, 0.25) is 0 Å². The molecule has 3 aromatic heterocycles. The second-order valence-corrected chi connectivity index (χ2v) is 8.65. The summed E-state index contributed by atoms with van der Waals surface area (Å²) >= 11 is 0. The van der Waals surface area contributed by atoms with Gasteiger partial charge in [-0.15, -0.1) is 5.10 Å². The lowest BCUT2D eigenvalue weighted by Gasteiger charge is -2.27. The fourth-order valence-electron chi connectivity index (χ4n) is 4.03. The molecule has 0 bridgehead atoms. The number of aliphatic carboxylic acids is 1. The van der Waals surface area contributed by atoms with Gasteiger partial charge in [-0.05, 0) is 62.8 Å². The third-order valence-electron chi connectivity index (χ3n) is 6.01. The number of carboxylic acids is 1. The van der Waals surface area contributed by atoms with Gasteiger partial charge >= 0.3 is 12.0 Å². The van der Waals surface area contributed by atoms with Crippen LogP contribution in [-0.4, -0.2) is 63.5 Å². The summed E-state index contributed by atoms with van der Waals surface area (Å²) in [5.41, 5.74) is 2.77. The summed E-state index contributed by atoms with van der Waals surface area (Å²) < 4.78 is 13.4. The molecule has 2 aliphatic rings. The molecule has 0 radical (unpaired) electrons. The van der Waals surface area contributed by atoms with Gasteiger partial charge in [0.15, 0.2) is 0 Å². The second-order valence-electron chi connectivity index (χ2n) is 8.65. The molecule has 2 atom stereocenters. The topological polar surface area (TPSA) is 143 Å². The largest absolute Gasteiger partial charge is 0.489 e. The van der Waals surface area contributed by atoms with Gasteiger partial charge in [0.2, 0.25) is 0 Å². The van der Waals surface area contributed by atoms with Gasteiger partial charge in [-0.1, -0.05) is 15.4 Å². The van der Waals surface area contributed by atoms with Crippen molar-refractivity contribution in [1.82, 2.24) is 40.2 Å². The van der Waals surface area contributed by atoms with Crippen molar-refractivity contribution in [3.8, 4) is 23.1 Å². The van der Waals surface area contributed by atoms with Crippen molar-refractivity contribution in [2.45, 2.75) is 64.2 Å². The third-order valence-corrected chi connectivity index (χ3v) is 6.01. The van der Waals surface area contributed by atoms with E-state index in [-0.39, 0.29) is 24.1 Å². The Labute approximate surface area is 189 Å². The zero-order valence-corrected chi connectivity index (χ0v) is 18.6. The predicted octanol–water partition coefficient (Wildman–Crippen LogP) is 1.78. The Hall–Kier alpha value is -3.57. The van der Waals surface area contributed by atoms with E-state index in [4.69, 9.17) is 9.47 Å². The molecule has 0 saturated heterocycles. The molecule has 174 valence electrons. The van der Waals surface area contributed by atoms with Crippen LogP contribution in [0.3, 0.4) is 0 Å². The molecular formula is C21H26N8O4. The number of carbonyl (C=O) groups is 1. The van der Waals surface area contributed by atoms with Crippen LogP contribution in [0, 0.1) is 12.8 Å². The summed E-state index contributed by atoms with van der Waals surface area (Å²) in [4.78, 5) is 17.5. The first-order valence-corrected chi connectivity index (χ1v) is 11.2. The highest BCUT2D eigenvalue weighted by Crippen LogP contribution is 2.30. The average molecular weight is 454 g/mol. The van der Waals surface area contributed by atoms with E-state index < -0.39 is 5.97 Å². The summed E-state index contributed by atoms with van der Waals surface area (Å²) in [7, 11) is 1.80. The van der Waals surface area contributed by atoms with Crippen LogP contribution in [0.4, 0.5) is 0 Å². The number of ether oxygens (including phenoxy) is 2. The number of aryl methyl sites for hydroxylation is 2. The number of hydrogen-bond acceptors (Lipinski definition) is 9. The number of pyridine rings is 1. The number of rotatable bonds is 8. The first-order chi connectivity index (χ1) is 16.0. The SMILES string of the molecule is Cc1nc(-c2nnn(C)c2Cn2nnc(OC3CC3)n2)ccc1O[C@H]1CCCC(C(=O)O)C1. The van der Waals surface area contributed by atoms with Crippen molar-refractivity contribution in [3.63, 3.8) is 0 Å². The average Bonchev–Trinajstić information content (AvgIpc) is 3.39. The molecule has 5 rings (SSSR count). The Kier molecular flexibility index (Phi) is 5.65. The maximum absolute atomic E-state index is 11.3. The lowest BCUT2D eigenvalue weighted by atomic mass is 9.87. The van der Waals surface area contributed by atoms with Gasteiger partial charge in [0.25, 0.3) is 0 Å². The van der Waals surface area contributed by atoms with Crippen molar-refractivity contribution in [2.75, 3.05) is 0 Å². The van der Waals surface area contributed by atoms with E-state index in [2.05, 4.69) is 30.7 Å². The summed E-state index contributed by atoms with van der Waals surface area (Å²) in [6.07, 6.45) is 5.04. The highest BCUT2D eigenvalue weighted by molar-refractivity contribution is 5.70. The minimum atomic E-state index is -0.753. The second kappa shape index (κ2) is 8.75. The summed E-state index contributed by atoms with van der Waals surface area (Å²) in [6.45, 7) is 2.18. The fraction of sp³-hybridized carbons (Fsp3) is 0.571. The van der Waals surface area contributed by atoms with E-state index in [1.54, 1.807) is 11.7 Å². The Morgan fingerprint density at radius 2 is 1.97 bits per heavy atom. The molecule has 3 heterocycles. The smallest absolute Gasteiger partial charge is 0.356 e. The molecule has 33 heavy (non-hydrogen) atoms. The quantitative estimate of drug-likeness (QED) is 0.535. The van der Waals surface area contributed by atoms with Crippen LogP contribution in [0.1, 0.15) is 49.9 Å². The van der Waals surface area contributed by atoms with Gasteiger partial charge in [-0.2, -0.15) is 4.80 Å². The molecular weight excluding hydrogens is 428 g/mol. The molecule has 2 aliphatic carbocycles. The van der Waals surface area contributed by atoms with E-state index in [1.165, 1.54) is 4.80 Å². The standard InChI is InChI=1S/C21H26N8O4/c1-12-18(32-15-5-3-4-13(10-15)20(30)31)9-8-16(22-12)19-17(28(2)26-23-19)11-29-25-21(24-27-29)33-14-6-7-14/h8-9,13-15H,3-7,10-11H2,1-2H3,(H,30,31)/t13?,15-/m0/s1. The van der Waals surface area contributed by atoms with Crippen LogP contribution in [0.25, 0.3) is 11.4 Å². The minimum absolute atomic E-state index is 0.122. The molecule has 0 spiro atoms. The molecule has 2 fully saturated rings. The Morgan fingerprint density at radius 3 is 2.73 bits per heavy atom. The summed E-state index contributed by atoms with van der Waals surface area (Å²) in [6, 6.07) is 3.97. The van der Waals surface area contributed by atoms with Crippen LogP contribution in [0.15, 0.2) is 12.1 Å². The minimum Gasteiger partial charge on any atom is -0.489 e. The van der Waals surface area contributed by atoms with E-state index in [1.807, 2.05) is 19.1 Å². The van der Waals surface area contributed by atoms with Crippen LogP contribution in [0.5, 0.6) is 11.8 Å². The lowest BCUT2D eigenvalue weighted by molar-refractivity contribution is -0.143. The van der Waals surface area contributed by atoms with E-state index in [9.17, 15) is 9.90 Å². The normalized spacial score (nSPS) is 20.5. The number of nitrogens with zero attached hydrogens (tertiary/aromatic N) is 8. The van der Waals surface area contributed by atoms with Crippen LogP contribution in [-0.2, 0) is 18.4 Å². The number of tetrazole rings is 1. The monoisotopic (exact) mass is 454 g/mol. The van der Waals surface area contributed by atoms with E-state index >= 15 is 0 Å². The van der Waals surface area contributed by atoms with Gasteiger partial charge in [0.05, 0.1) is 29.1 Å². The molecule has 0 amide bonds. The third kappa shape index (κ3) is 4.78. The highest BCUT2D eigenvalue weighted by Gasteiger charge is 2.29. The molecule has 0 aliphatic heterocycles. The molecule has 12 nitrogen and oxygen atoms in total. The van der Waals surface area contributed by atoms with Crippen LogP contribution >= 0.6 is 0 Å². The van der Waals surface area contributed by atoms with E-state index in [0.29, 0.717) is 42.2 Å². The zero-order chi connectivity index (χ0) is 22.9. The molecule has 2 saturated carbocycles. The maximum atomic E-state index is 11.3. The Bertz CT molecular complexity index is 1160. The zero-order valence-electron chi connectivity index (χ0n) is 18.6. The predicted molar refractivity (Wildman–Crippen MR) is 114 cm³/mol. The van der Waals surface area contributed by atoms with Crippen molar-refractivity contribution in [2.24, 2.45) is 13.0 Å². The number of hydrogen-bond donors (Lipinski definition) is 1. The molecule has 12 heteroatoms. The van der Waals surface area contributed by atoms with Gasteiger partial charge in [0, 0.05) is 7.05 Å². The number of carboxylic acid groups (broad SMARTS) is 1. The van der Waals surface area contributed by atoms with Gasteiger partial charge in [-0.25, -0.2) is 9.67 Å². The molecule has 3 aromatic rings. The van der Waals surface area contributed by atoms with Crippen molar-refractivity contribution in [1.29, 1.82) is 0 Å². The number of aromatic nitrogens is 8. The molecule has 1 unspecified atom stereocenters. The summed E-state index contributed by atoms with van der Waals surface area (Å²) in [5.74, 6) is -0.448. The fourth-order valence-corrected chi connectivity index (χ4v) is 4.03. The molecule has 1 N–H and O–H groups in total. The van der Waals surface area contributed by atoms with Crippen molar-refractivity contribution < 1.29 is 19.4 Å². The Morgan fingerprint density at radius 1 is 1.12 bits per heavy atom. The first-order valence-electron chi connectivity index (χ1n) is 11.2. The van der Waals surface area contributed by atoms with E-state index in [0.717, 1.165) is 31.4 Å². The van der Waals surface area contributed by atoms with Crippen LogP contribution < -0.4 is 9.47 Å².